The first-order valence-corrected chi connectivity index (χ1v) is 8.62. The summed E-state index contributed by atoms with van der Waals surface area (Å²) in [5.41, 5.74) is -0.598. The molecular weight excluding hydrogens is 264 g/mol. The van der Waals surface area contributed by atoms with Crippen LogP contribution >= 0.6 is 0 Å². The molecule has 21 heavy (non-hydrogen) atoms. The van der Waals surface area contributed by atoms with Crippen molar-refractivity contribution in [3.05, 3.63) is 0 Å². The van der Waals surface area contributed by atoms with Gasteiger partial charge < -0.3 is 5.11 Å². The second kappa shape index (κ2) is 5.54. The predicted molar refractivity (Wildman–Crippen MR) is 83.3 cm³/mol. The zero-order chi connectivity index (χ0) is 15.2. The van der Waals surface area contributed by atoms with Crippen LogP contribution in [-0.4, -0.2) is 58.6 Å². The molecule has 2 heterocycles. The van der Waals surface area contributed by atoms with E-state index in [9.17, 15) is 9.90 Å². The number of hydrogen-bond acceptors (Lipinski definition) is 3. The van der Waals surface area contributed by atoms with Crippen LogP contribution in [0.15, 0.2) is 0 Å². The Morgan fingerprint density at radius 2 is 1.86 bits per heavy atom. The maximum absolute atomic E-state index is 11.5. The Bertz CT molecular complexity index is 406. The fraction of sp³-hybridized carbons (Fsp3) is 0.941. The molecule has 1 N–H and O–H groups in total. The van der Waals surface area contributed by atoms with Crippen molar-refractivity contribution in [3.63, 3.8) is 0 Å². The number of carboxylic acid groups (broad SMARTS) is 1. The number of piperidine rings is 1. The molecule has 0 radical (unpaired) electrons. The van der Waals surface area contributed by atoms with E-state index in [1.54, 1.807) is 0 Å². The SMILES string of the molecule is CC1CC(N2CCCC(C(C)(C)C(=O)O)C2)CN1C1CC1. The summed E-state index contributed by atoms with van der Waals surface area (Å²) in [5, 5.41) is 9.48. The molecule has 3 aliphatic rings. The van der Waals surface area contributed by atoms with Crippen LogP contribution < -0.4 is 0 Å². The van der Waals surface area contributed by atoms with Crippen LogP contribution in [-0.2, 0) is 4.79 Å². The number of aliphatic carboxylic acids is 1. The van der Waals surface area contributed by atoms with E-state index in [2.05, 4.69) is 16.7 Å². The maximum atomic E-state index is 11.5. The first-order chi connectivity index (χ1) is 9.89. The van der Waals surface area contributed by atoms with Gasteiger partial charge in [0, 0.05) is 31.2 Å². The Labute approximate surface area is 128 Å². The van der Waals surface area contributed by atoms with Crippen molar-refractivity contribution in [3.8, 4) is 0 Å². The van der Waals surface area contributed by atoms with Gasteiger partial charge >= 0.3 is 5.97 Å². The lowest BCUT2D eigenvalue weighted by Gasteiger charge is -2.41. The van der Waals surface area contributed by atoms with Crippen molar-refractivity contribution in [2.45, 2.75) is 71.0 Å². The van der Waals surface area contributed by atoms with E-state index >= 15 is 0 Å². The number of hydrogen-bond donors (Lipinski definition) is 1. The van der Waals surface area contributed by atoms with Crippen molar-refractivity contribution in [1.82, 2.24) is 9.80 Å². The lowest BCUT2D eigenvalue weighted by Crippen LogP contribution is -2.49. The van der Waals surface area contributed by atoms with Gasteiger partial charge in [0.2, 0.25) is 0 Å². The smallest absolute Gasteiger partial charge is 0.309 e. The summed E-state index contributed by atoms with van der Waals surface area (Å²) >= 11 is 0. The second-order valence-corrected chi connectivity index (χ2v) is 8.03. The molecule has 0 spiro atoms. The van der Waals surface area contributed by atoms with Gasteiger partial charge in [-0.25, -0.2) is 0 Å². The highest BCUT2D eigenvalue weighted by Crippen LogP contribution is 2.38. The summed E-state index contributed by atoms with van der Waals surface area (Å²) in [4.78, 5) is 16.8. The van der Waals surface area contributed by atoms with Gasteiger partial charge in [-0.05, 0) is 65.3 Å². The molecule has 2 saturated heterocycles. The third kappa shape index (κ3) is 2.98. The van der Waals surface area contributed by atoms with Crippen molar-refractivity contribution in [2.75, 3.05) is 19.6 Å². The zero-order valence-corrected chi connectivity index (χ0v) is 13.7. The van der Waals surface area contributed by atoms with Gasteiger partial charge in [-0.2, -0.15) is 0 Å². The fourth-order valence-corrected chi connectivity index (χ4v) is 4.31. The summed E-state index contributed by atoms with van der Waals surface area (Å²) in [6, 6.07) is 2.20. The van der Waals surface area contributed by atoms with E-state index in [1.807, 2.05) is 13.8 Å². The van der Waals surface area contributed by atoms with Gasteiger partial charge in [0.05, 0.1) is 5.41 Å². The third-order valence-corrected chi connectivity index (χ3v) is 6.16. The first kappa shape index (κ1) is 15.3. The Kier molecular flexibility index (Phi) is 4.04. The van der Waals surface area contributed by atoms with Crippen molar-refractivity contribution in [1.29, 1.82) is 0 Å². The van der Waals surface area contributed by atoms with Gasteiger partial charge in [0.15, 0.2) is 0 Å². The molecule has 0 amide bonds. The van der Waals surface area contributed by atoms with E-state index in [0.29, 0.717) is 12.1 Å². The molecule has 3 fully saturated rings. The predicted octanol–water partition coefficient (Wildman–Crippen LogP) is 2.43. The van der Waals surface area contributed by atoms with Gasteiger partial charge in [0.25, 0.3) is 0 Å². The Hall–Kier alpha value is -0.610. The molecule has 4 heteroatoms. The van der Waals surface area contributed by atoms with Gasteiger partial charge in [0.1, 0.15) is 0 Å². The number of carbonyl (C=O) groups is 1. The maximum Gasteiger partial charge on any atom is 0.309 e. The van der Waals surface area contributed by atoms with Crippen molar-refractivity contribution < 1.29 is 9.90 Å². The van der Waals surface area contributed by atoms with Crippen LogP contribution in [0, 0.1) is 11.3 Å². The van der Waals surface area contributed by atoms with Crippen LogP contribution in [0.25, 0.3) is 0 Å². The topological polar surface area (TPSA) is 43.8 Å². The van der Waals surface area contributed by atoms with Crippen molar-refractivity contribution >= 4 is 5.97 Å². The lowest BCUT2D eigenvalue weighted by atomic mass is 9.74. The van der Waals surface area contributed by atoms with E-state index in [0.717, 1.165) is 32.0 Å². The minimum atomic E-state index is -0.645. The minimum absolute atomic E-state index is 0.286. The fourth-order valence-electron chi connectivity index (χ4n) is 4.31. The molecular formula is C17H30N2O2. The van der Waals surface area contributed by atoms with Crippen LogP contribution in [0.4, 0.5) is 0 Å². The third-order valence-electron chi connectivity index (χ3n) is 6.16. The van der Waals surface area contributed by atoms with Crippen molar-refractivity contribution in [2.24, 2.45) is 11.3 Å². The van der Waals surface area contributed by atoms with Gasteiger partial charge in [-0.1, -0.05) is 0 Å². The first-order valence-electron chi connectivity index (χ1n) is 8.62. The van der Waals surface area contributed by atoms with E-state index < -0.39 is 11.4 Å². The highest BCUT2D eigenvalue weighted by atomic mass is 16.4. The highest BCUT2D eigenvalue weighted by Gasteiger charge is 2.44. The minimum Gasteiger partial charge on any atom is -0.481 e. The molecule has 4 nitrogen and oxygen atoms in total. The second-order valence-electron chi connectivity index (χ2n) is 8.03. The summed E-state index contributed by atoms with van der Waals surface area (Å²) in [6.45, 7) is 9.48. The molecule has 1 aliphatic carbocycles. The van der Waals surface area contributed by atoms with Gasteiger partial charge in [-0.15, -0.1) is 0 Å². The van der Waals surface area contributed by atoms with Crippen LogP contribution in [0.1, 0.15) is 52.9 Å². The monoisotopic (exact) mass is 294 g/mol. The molecule has 3 rings (SSSR count). The van der Waals surface area contributed by atoms with Crippen LogP contribution in [0.3, 0.4) is 0 Å². The molecule has 3 unspecified atom stereocenters. The molecule has 0 bridgehead atoms. The molecule has 0 aromatic rings. The van der Waals surface area contributed by atoms with E-state index in [-0.39, 0.29) is 5.92 Å². The number of nitrogens with zero attached hydrogens (tertiary/aromatic N) is 2. The molecule has 3 atom stereocenters. The summed E-state index contributed by atoms with van der Waals surface area (Å²) in [6.07, 6.45) is 6.23. The van der Waals surface area contributed by atoms with Crippen LogP contribution in [0.2, 0.25) is 0 Å². The van der Waals surface area contributed by atoms with Crippen LogP contribution in [0.5, 0.6) is 0 Å². The molecule has 1 saturated carbocycles. The highest BCUT2D eigenvalue weighted by molar-refractivity contribution is 5.74. The summed E-state index contributed by atoms with van der Waals surface area (Å²) in [5.74, 6) is -0.359. The Morgan fingerprint density at radius 1 is 1.14 bits per heavy atom. The largest absolute Gasteiger partial charge is 0.481 e. The van der Waals surface area contributed by atoms with Gasteiger partial charge in [-0.3, -0.25) is 14.6 Å². The average molecular weight is 294 g/mol. The van der Waals surface area contributed by atoms with E-state index in [4.69, 9.17) is 0 Å². The standard InChI is InChI=1S/C17H30N2O2/c1-12-9-15(11-19(12)14-6-7-14)18-8-4-5-13(10-18)17(2,3)16(20)21/h12-15H,4-11H2,1-3H3,(H,20,21). The summed E-state index contributed by atoms with van der Waals surface area (Å²) in [7, 11) is 0. The lowest BCUT2D eigenvalue weighted by molar-refractivity contribution is -0.151. The number of carboxylic acids is 1. The normalized spacial score (nSPS) is 36.0. The molecule has 120 valence electrons. The van der Waals surface area contributed by atoms with E-state index in [1.165, 1.54) is 25.8 Å². The zero-order valence-electron chi connectivity index (χ0n) is 13.7. The molecule has 0 aromatic carbocycles. The molecule has 0 aromatic heterocycles. The number of rotatable bonds is 4. The number of likely N-dealkylation sites (tertiary alicyclic amines) is 2. The average Bonchev–Trinajstić information content (AvgIpc) is 3.21. The Morgan fingerprint density at radius 3 is 2.48 bits per heavy atom. The Balaban J connectivity index is 1.62. The molecule has 2 aliphatic heterocycles. The summed E-state index contributed by atoms with van der Waals surface area (Å²) < 4.78 is 0. The quantitative estimate of drug-likeness (QED) is 0.865.